The van der Waals surface area contributed by atoms with Gasteiger partial charge in [0.1, 0.15) is 5.75 Å². The zero-order valence-corrected chi connectivity index (χ0v) is 17.2. The molecule has 0 bridgehead atoms. The monoisotopic (exact) mass is 381 g/mol. The van der Waals surface area contributed by atoms with Crippen molar-refractivity contribution in [1.29, 1.82) is 0 Å². The summed E-state index contributed by atoms with van der Waals surface area (Å²) in [6.45, 7) is 5.42. The van der Waals surface area contributed by atoms with Gasteiger partial charge in [0.05, 0.1) is 12.5 Å². The predicted molar refractivity (Wildman–Crippen MR) is 113 cm³/mol. The first-order valence-corrected chi connectivity index (χ1v) is 10.2. The van der Waals surface area contributed by atoms with E-state index in [0.717, 1.165) is 36.1 Å². The van der Waals surface area contributed by atoms with Gasteiger partial charge in [-0.15, -0.1) is 0 Å². The van der Waals surface area contributed by atoms with Crippen LogP contribution in [0.15, 0.2) is 48.5 Å². The number of amides is 1. The Morgan fingerprint density at radius 1 is 1.11 bits per heavy atom. The molecule has 1 aliphatic rings. The fraction of sp³-hybridized carbons (Fsp3) is 0.458. The maximum Gasteiger partial charge on any atom is 0.226 e. The number of ether oxygens (including phenoxy) is 2. The molecule has 1 atom stereocenters. The van der Waals surface area contributed by atoms with E-state index in [1.165, 1.54) is 5.56 Å². The van der Waals surface area contributed by atoms with Crippen molar-refractivity contribution in [2.45, 2.75) is 45.6 Å². The Morgan fingerprint density at radius 2 is 1.75 bits per heavy atom. The van der Waals surface area contributed by atoms with Gasteiger partial charge >= 0.3 is 0 Å². The SMILES string of the molecule is CC[C@H](C)NC(=O)C1(Cc2ccccc2-c2ccccc2OC)CCOCC1. The Morgan fingerprint density at radius 3 is 2.43 bits per heavy atom. The van der Waals surface area contributed by atoms with Gasteiger partial charge in [0, 0.05) is 24.8 Å². The first kappa shape index (κ1) is 20.4. The largest absolute Gasteiger partial charge is 0.496 e. The second-order valence-corrected chi connectivity index (χ2v) is 7.71. The maximum absolute atomic E-state index is 13.3. The Labute approximate surface area is 168 Å². The average molecular weight is 382 g/mol. The number of rotatable bonds is 7. The van der Waals surface area contributed by atoms with Crippen molar-refractivity contribution >= 4 is 5.91 Å². The van der Waals surface area contributed by atoms with Gasteiger partial charge in [0.25, 0.3) is 0 Å². The molecule has 150 valence electrons. The van der Waals surface area contributed by atoms with Gasteiger partial charge in [-0.25, -0.2) is 0 Å². The van der Waals surface area contributed by atoms with Crippen molar-refractivity contribution in [3.05, 3.63) is 54.1 Å². The van der Waals surface area contributed by atoms with Crippen LogP contribution in [0.5, 0.6) is 5.75 Å². The van der Waals surface area contributed by atoms with Crippen molar-refractivity contribution in [2.24, 2.45) is 5.41 Å². The lowest BCUT2D eigenvalue weighted by Crippen LogP contribution is -2.48. The van der Waals surface area contributed by atoms with Gasteiger partial charge in [-0.2, -0.15) is 0 Å². The molecule has 4 heteroatoms. The van der Waals surface area contributed by atoms with Gasteiger partial charge in [-0.3, -0.25) is 4.79 Å². The summed E-state index contributed by atoms with van der Waals surface area (Å²) in [5.74, 6) is 1.00. The van der Waals surface area contributed by atoms with Crippen molar-refractivity contribution in [3.63, 3.8) is 0 Å². The summed E-state index contributed by atoms with van der Waals surface area (Å²) in [7, 11) is 1.70. The molecule has 4 nitrogen and oxygen atoms in total. The summed E-state index contributed by atoms with van der Waals surface area (Å²) in [5.41, 5.74) is 2.93. The van der Waals surface area contributed by atoms with Crippen molar-refractivity contribution in [2.75, 3.05) is 20.3 Å². The van der Waals surface area contributed by atoms with E-state index < -0.39 is 5.41 Å². The Balaban J connectivity index is 1.97. The van der Waals surface area contributed by atoms with E-state index in [2.05, 4.69) is 37.4 Å². The van der Waals surface area contributed by atoms with Crippen LogP contribution < -0.4 is 10.1 Å². The summed E-state index contributed by atoms with van der Waals surface area (Å²) in [5, 5.41) is 3.22. The molecule has 0 aliphatic carbocycles. The minimum absolute atomic E-state index is 0.153. The summed E-state index contributed by atoms with van der Waals surface area (Å²) in [6.07, 6.45) is 3.12. The number of para-hydroxylation sites is 1. The number of methoxy groups -OCH3 is 1. The zero-order valence-electron chi connectivity index (χ0n) is 17.2. The minimum Gasteiger partial charge on any atom is -0.496 e. The molecule has 1 fully saturated rings. The Bertz CT molecular complexity index is 796. The van der Waals surface area contributed by atoms with Gasteiger partial charge in [0.15, 0.2) is 0 Å². The lowest BCUT2D eigenvalue weighted by Gasteiger charge is -2.37. The summed E-state index contributed by atoms with van der Waals surface area (Å²) >= 11 is 0. The molecule has 0 unspecified atom stereocenters. The molecule has 2 aromatic rings. The fourth-order valence-electron chi connectivity index (χ4n) is 3.89. The molecule has 1 N–H and O–H groups in total. The highest BCUT2D eigenvalue weighted by atomic mass is 16.5. The Hall–Kier alpha value is -2.33. The molecular formula is C24H31NO3. The molecule has 0 radical (unpaired) electrons. The normalized spacial score (nSPS) is 17.0. The van der Waals surface area contributed by atoms with E-state index in [0.29, 0.717) is 19.6 Å². The number of carbonyl (C=O) groups is 1. The van der Waals surface area contributed by atoms with Gasteiger partial charge < -0.3 is 14.8 Å². The minimum atomic E-state index is -0.431. The van der Waals surface area contributed by atoms with Crippen LogP contribution in [0.1, 0.15) is 38.7 Å². The van der Waals surface area contributed by atoms with E-state index >= 15 is 0 Å². The molecule has 1 heterocycles. The average Bonchev–Trinajstić information content (AvgIpc) is 2.74. The Kier molecular flexibility index (Phi) is 6.74. The van der Waals surface area contributed by atoms with Crippen LogP contribution in [0.25, 0.3) is 11.1 Å². The first-order chi connectivity index (χ1) is 13.6. The van der Waals surface area contributed by atoms with Crippen molar-refractivity contribution in [1.82, 2.24) is 5.32 Å². The zero-order chi connectivity index (χ0) is 20.0. The molecule has 1 amide bonds. The predicted octanol–water partition coefficient (Wildman–Crippen LogP) is 4.62. The van der Waals surface area contributed by atoms with Crippen molar-refractivity contribution in [3.8, 4) is 16.9 Å². The van der Waals surface area contributed by atoms with Gasteiger partial charge in [-0.1, -0.05) is 49.4 Å². The second-order valence-electron chi connectivity index (χ2n) is 7.71. The molecule has 2 aromatic carbocycles. The summed E-state index contributed by atoms with van der Waals surface area (Å²) in [4.78, 5) is 13.3. The van der Waals surface area contributed by atoms with E-state index in [1.807, 2.05) is 30.3 Å². The number of hydrogen-bond acceptors (Lipinski definition) is 3. The third-order valence-corrected chi connectivity index (χ3v) is 5.86. The van der Waals surface area contributed by atoms with E-state index in [-0.39, 0.29) is 11.9 Å². The first-order valence-electron chi connectivity index (χ1n) is 10.2. The standard InChI is InChI=1S/C24H31NO3/c1-4-18(2)25-23(26)24(13-15-28-16-14-24)17-19-9-5-6-10-20(19)21-11-7-8-12-22(21)27-3/h5-12,18H,4,13-17H2,1-3H3,(H,25,26)/t18-/m0/s1. The number of benzene rings is 2. The van der Waals surface area contributed by atoms with E-state index in [4.69, 9.17) is 9.47 Å². The highest BCUT2D eigenvalue weighted by Gasteiger charge is 2.40. The molecular weight excluding hydrogens is 350 g/mol. The smallest absolute Gasteiger partial charge is 0.226 e. The van der Waals surface area contributed by atoms with Crippen LogP contribution in [0, 0.1) is 5.41 Å². The summed E-state index contributed by atoms with van der Waals surface area (Å²) < 4.78 is 11.2. The van der Waals surface area contributed by atoms with Crippen LogP contribution >= 0.6 is 0 Å². The van der Waals surface area contributed by atoms with Crippen LogP contribution in [0.2, 0.25) is 0 Å². The molecule has 0 aromatic heterocycles. The van der Waals surface area contributed by atoms with Gasteiger partial charge in [-0.05, 0) is 49.8 Å². The number of carbonyl (C=O) groups excluding carboxylic acids is 1. The molecule has 1 saturated heterocycles. The summed E-state index contributed by atoms with van der Waals surface area (Å²) in [6, 6.07) is 16.6. The third kappa shape index (κ3) is 4.39. The molecule has 28 heavy (non-hydrogen) atoms. The van der Waals surface area contributed by atoms with E-state index in [9.17, 15) is 4.79 Å². The molecule has 0 spiro atoms. The fourth-order valence-corrected chi connectivity index (χ4v) is 3.89. The second kappa shape index (κ2) is 9.24. The van der Waals surface area contributed by atoms with Crippen molar-refractivity contribution < 1.29 is 14.3 Å². The van der Waals surface area contributed by atoms with Crippen LogP contribution in [0.3, 0.4) is 0 Å². The quantitative estimate of drug-likeness (QED) is 0.761. The molecule has 3 rings (SSSR count). The van der Waals surface area contributed by atoms with Crippen LogP contribution in [-0.2, 0) is 16.0 Å². The highest BCUT2D eigenvalue weighted by Crippen LogP contribution is 2.39. The number of hydrogen-bond donors (Lipinski definition) is 1. The lowest BCUT2D eigenvalue weighted by atomic mass is 9.73. The highest BCUT2D eigenvalue weighted by molar-refractivity contribution is 5.84. The molecule has 1 aliphatic heterocycles. The third-order valence-electron chi connectivity index (χ3n) is 5.86. The van der Waals surface area contributed by atoms with Gasteiger partial charge in [0.2, 0.25) is 5.91 Å². The lowest BCUT2D eigenvalue weighted by molar-refractivity contribution is -0.137. The maximum atomic E-state index is 13.3. The van der Waals surface area contributed by atoms with Crippen LogP contribution in [-0.4, -0.2) is 32.3 Å². The molecule has 0 saturated carbocycles. The van der Waals surface area contributed by atoms with E-state index in [1.54, 1.807) is 7.11 Å². The topological polar surface area (TPSA) is 47.6 Å². The van der Waals surface area contributed by atoms with Crippen LogP contribution in [0.4, 0.5) is 0 Å². The number of nitrogens with one attached hydrogen (secondary N) is 1.